The van der Waals surface area contributed by atoms with Gasteiger partial charge in [-0.1, -0.05) is 24.6 Å². The van der Waals surface area contributed by atoms with E-state index in [2.05, 4.69) is 6.58 Å². The summed E-state index contributed by atoms with van der Waals surface area (Å²) < 4.78 is 12.9. The van der Waals surface area contributed by atoms with E-state index < -0.39 is 5.97 Å². The number of rotatable bonds is 7. The fraction of sp³-hybridized carbons (Fsp3) is 0.375. The fourth-order valence-electron chi connectivity index (χ4n) is 2.11. The SMILES string of the molecule is C=C(C)CC(C)C(=O)N(CC(=O)O)Cc1ccc(F)cc1. The lowest BCUT2D eigenvalue weighted by atomic mass is 10.0. The average Bonchev–Trinajstić information content (AvgIpc) is 2.38. The third-order valence-corrected chi connectivity index (χ3v) is 3.00. The van der Waals surface area contributed by atoms with Crippen LogP contribution in [0.5, 0.6) is 0 Å². The molecule has 1 aromatic carbocycles. The molecular weight excluding hydrogens is 273 g/mol. The van der Waals surface area contributed by atoms with Gasteiger partial charge in [-0.25, -0.2) is 4.39 Å². The molecule has 1 atom stereocenters. The number of aliphatic carboxylic acids is 1. The van der Waals surface area contributed by atoms with Gasteiger partial charge in [-0.3, -0.25) is 9.59 Å². The number of hydrogen-bond acceptors (Lipinski definition) is 2. The lowest BCUT2D eigenvalue weighted by molar-refractivity contribution is -0.146. The van der Waals surface area contributed by atoms with Crippen LogP contribution in [-0.2, 0) is 16.1 Å². The van der Waals surface area contributed by atoms with Crippen molar-refractivity contribution >= 4 is 11.9 Å². The van der Waals surface area contributed by atoms with Crippen LogP contribution in [0.25, 0.3) is 0 Å². The normalized spacial score (nSPS) is 11.8. The smallest absolute Gasteiger partial charge is 0.323 e. The Balaban J connectivity index is 2.84. The molecule has 21 heavy (non-hydrogen) atoms. The third-order valence-electron chi connectivity index (χ3n) is 3.00. The third kappa shape index (κ3) is 5.77. The summed E-state index contributed by atoms with van der Waals surface area (Å²) in [5.74, 6) is -2.02. The van der Waals surface area contributed by atoms with Crippen LogP contribution in [0.2, 0.25) is 0 Å². The molecule has 5 heteroatoms. The van der Waals surface area contributed by atoms with E-state index in [4.69, 9.17) is 5.11 Å². The summed E-state index contributed by atoms with van der Waals surface area (Å²) in [4.78, 5) is 24.5. The maximum atomic E-state index is 12.9. The second-order valence-electron chi connectivity index (χ2n) is 5.28. The molecule has 0 aromatic heterocycles. The summed E-state index contributed by atoms with van der Waals surface area (Å²) in [6.45, 7) is 7.10. The minimum absolute atomic E-state index is 0.145. The van der Waals surface area contributed by atoms with E-state index >= 15 is 0 Å². The molecule has 0 saturated carbocycles. The number of carboxylic acid groups (broad SMARTS) is 1. The molecule has 1 unspecified atom stereocenters. The summed E-state index contributed by atoms with van der Waals surface area (Å²) in [6.07, 6.45) is 0.512. The van der Waals surface area contributed by atoms with Crippen molar-refractivity contribution in [2.45, 2.75) is 26.8 Å². The van der Waals surface area contributed by atoms with Crippen molar-refractivity contribution in [1.29, 1.82) is 0 Å². The largest absolute Gasteiger partial charge is 0.480 e. The van der Waals surface area contributed by atoms with Crippen molar-refractivity contribution < 1.29 is 19.1 Å². The molecule has 1 amide bonds. The fourth-order valence-corrected chi connectivity index (χ4v) is 2.11. The Kier molecular flexibility index (Phi) is 6.09. The predicted molar refractivity (Wildman–Crippen MR) is 78.0 cm³/mol. The van der Waals surface area contributed by atoms with Gasteiger partial charge in [0, 0.05) is 12.5 Å². The first-order valence-electron chi connectivity index (χ1n) is 6.69. The van der Waals surface area contributed by atoms with Gasteiger partial charge < -0.3 is 10.0 Å². The van der Waals surface area contributed by atoms with Gasteiger partial charge in [0.15, 0.2) is 0 Å². The van der Waals surface area contributed by atoms with Crippen LogP contribution in [0, 0.1) is 11.7 Å². The Morgan fingerprint density at radius 3 is 2.38 bits per heavy atom. The van der Waals surface area contributed by atoms with Crippen LogP contribution >= 0.6 is 0 Å². The van der Waals surface area contributed by atoms with Crippen LogP contribution in [0.1, 0.15) is 25.8 Å². The monoisotopic (exact) mass is 293 g/mol. The van der Waals surface area contributed by atoms with Crippen molar-refractivity contribution in [2.75, 3.05) is 6.54 Å². The summed E-state index contributed by atoms with van der Waals surface area (Å²) >= 11 is 0. The number of hydrogen-bond donors (Lipinski definition) is 1. The lowest BCUT2D eigenvalue weighted by Gasteiger charge is -2.24. The topological polar surface area (TPSA) is 57.6 Å². The second kappa shape index (κ2) is 7.57. The highest BCUT2D eigenvalue weighted by molar-refractivity contribution is 5.83. The molecule has 0 aliphatic heterocycles. The van der Waals surface area contributed by atoms with E-state index in [1.807, 2.05) is 6.92 Å². The lowest BCUT2D eigenvalue weighted by Crippen LogP contribution is -2.38. The van der Waals surface area contributed by atoms with Crippen LogP contribution < -0.4 is 0 Å². The van der Waals surface area contributed by atoms with Crippen molar-refractivity contribution in [3.05, 3.63) is 47.8 Å². The standard InChI is InChI=1S/C16H20FNO3/c1-11(2)8-12(3)16(21)18(10-15(19)20)9-13-4-6-14(17)7-5-13/h4-7,12H,1,8-10H2,2-3H3,(H,19,20). The minimum atomic E-state index is -1.08. The first kappa shape index (κ1) is 16.9. The molecule has 0 spiro atoms. The van der Waals surface area contributed by atoms with E-state index in [0.29, 0.717) is 12.0 Å². The number of nitrogens with zero attached hydrogens (tertiary/aromatic N) is 1. The Bertz CT molecular complexity index is 525. The van der Waals surface area contributed by atoms with Gasteiger partial charge in [-0.15, -0.1) is 6.58 Å². The zero-order chi connectivity index (χ0) is 16.0. The van der Waals surface area contributed by atoms with Gasteiger partial charge in [0.2, 0.25) is 5.91 Å². The van der Waals surface area contributed by atoms with Crippen molar-refractivity contribution in [2.24, 2.45) is 5.92 Å². The molecule has 1 rings (SSSR count). The zero-order valence-corrected chi connectivity index (χ0v) is 12.3. The van der Waals surface area contributed by atoms with Gasteiger partial charge in [0.25, 0.3) is 0 Å². The van der Waals surface area contributed by atoms with E-state index in [1.165, 1.54) is 17.0 Å². The number of carbonyl (C=O) groups excluding carboxylic acids is 1. The number of carbonyl (C=O) groups is 2. The first-order valence-corrected chi connectivity index (χ1v) is 6.69. The number of amides is 1. The molecule has 0 aliphatic carbocycles. The van der Waals surface area contributed by atoms with Crippen LogP contribution in [0.3, 0.4) is 0 Å². The quantitative estimate of drug-likeness (QED) is 0.786. The summed E-state index contributed by atoms with van der Waals surface area (Å²) in [5, 5.41) is 8.95. The predicted octanol–water partition coefficient (Wildman–Crippen LogP) is 2.84. The number of carboxylic acids is 1. The van der Waals surface area contributed by atoms with E-state index in [0.717, 1.165) is 5.57 Å². The van der Waals surface area contributed by atoms with Gasteiger partial charge in [0.05, 0.1) is 0 Å². The molecule has 4 nitrogen and oxygen atoms in total. The van der Waals surface area contributed by atoms with Crippen LogP contribution in [0.4, 0.5) is 4.39 Å². The number of allylic oxidation sites excluding steroid dienone is 1. The van der Waals surface area contributed by atoms with E-state index in [9.17, 15) is 14.0 Å². The van der Waals surface area contributed by atoms with E-state index in [-0.39, 0.29) is 30.7 Å². The molecule has 0 saturated heterocycles. The van der Waals surface area contributed by atoms with Crippen molar-refractivity contribution in [3.8, 4) is 0 Å². The molecule has 0 fully saturated rings. The highest BCUT2D eigenvalue weighted by Crippen LogP contribution is 2.15. The molecule has 0 heterocycles. The average molecular weight is 293 g/mol. The second-order valence-corrected chi connectivity index (χ2v) is 5.28. The van der Waals surface area contributed by atoms with Crippen LogP contribution in [-0.4, -0.2) is 28.4 Å². The van der Waals surface area contributed by atoms with Crippen LogP contribution in [0.15, 0.2) is 36.4 Å². The molecule has 114 valence electrons. The van der Waals surface area contributed by atoms with Gasteiger partial charge in [-0.05, 0) is 31.0 Å². The highest BCUT2D eigenvalue weighted by atomic mass is 19.1. The minimum Gasteiger partial charge on any atom is -0.480 e. The molecule has 1 N–H and O–H groups in total. The zero-order valence-electron chi connectivity index (χ0n) is 12.3. The molecule has 0 aliphatic rings. The summed E-state index contributed by atoms with van der Waals surface area (Å²) in [6, 6.07) is 5.66. The van der Waals surface area contributed by atoms with Gasteiger partial charge in [0.1, 0.15) is 12.4 Å². The Morgan fingerprint density at radius 1 is 1.33 bits per heavy atom. The molecule has 1 aromatic rings. The number of halogens is 1. The highest BCUT2D eigenvalue weighted by Gasteiger charge is 2.22. The summed E-state index contributed by atoms with van der Waals surface area (Å²) in [5.41, 5.74) is 1.56. The van der Waals surface area contributed by atoms with E-state index in [1.54, 1.807) is 19.1 Å². The molecule has 0 radical (unpaired) electrons. The first-order chi connectivity index (χ1) is 9.79. The maximum absolute atomic E-state index is 12.9. The molecular formula is C16H20FNO3. The Labute approximate surface area is 123 Å². The summed E-state index contributed by atoms with van der Waals surface area (Å²) in [7, 11) is 0. The van der Waals surface area contributed by atoms with Gasteiger partial charge in [-0.2, -0.15) is 0 Å². The van der Waals surface area contributed by atoms with Crippen molar-refractivity contribution in [3.63, 3.8) is 0 Å². The Morgan fingerprint density at radius 2 is 1.90 bits per heavy atom. The van der Waals surface area contributed by atoms with Gasteiger partial charge >= 0.3 is 5.97 Å². The number of benzene rings is 1. The molecule has 0 bridgehead atoms. The van der Waals surface area contributed by atoms with Crippen molar-refractivity contribution in [1.82, 2.24) is 4.90 Å². The Hall–Kier alpha value is -2.17. The maximum Gasteiger partial charge on any atom is 0.323 e.